The molecule has 0 unspecified atom stereocenters. The molecule has 1 aliphatic heterocycles. The molecule has 398 valence electrons. The predicted molar refractivity (Wildman–Crippen MR) is 277 cm³/mol. The van der Waals surface area contributed by atoms with Crippen LogP contribution in [0.1, 0.15) is 49.6 Å². The minimum absolute atomic E-state index is 0.0269. The lowest BCUT2D eigenvalue weighted by molar-refractivity contribution is -0.144. The fourth-order valence-corrected chi connectivity index (χ4v) is 8.58. The van der Waals surface area contributed by atoms with Gasteiger partial charge < -0.3 is 65.2 Å². The van der Waals surface area contributed by atoms with Crippen LogP contribution in [-0.4, -0.2) is 151 Å². The van der Waals surface area contributed by atoms with Crippen LogP contribution in [0, 0.1) is 12.3 Å². The summed E-state index contributed by atoms with van der Waals surface area (Å²) in [6.45, 7) is 10.1. The van der Waals surface area contributed by atoms with Crippen LogP contribution in [0.15, 0.2) is 84.4 Å². The number of phenolic OH excluding ortho intramolecular Hbond substituents is 1. The smallest absolute Gasteiger partial charge is 0.246 e. The number of nitrogen functional groups attached to an aromatic ring is 1. The number of nitrogens with two attached hydrogens (primary N) is 1. The van der Waals surface area contributed by atoms with E-state index in [1.165, 1.54) is 4.90 Å². The maximum Gasteiger partial charge on any atom is 0.246 e. The van der Waals surface area contributed by atoms with Gasteiger partial charge in [-0.25, -0.2) is 4.98 Å². The Bertz CT molecular complexity index is 2580. The number of amides is 4. The maximum absolute atomic E-state index is 13.9. The second-order valence-electron chi connectivity index (χ2n) is 18.6. The lowest BCUT2D eigenvalue weighted by Gasteiger charge is -2.35. The maximum atomic E-state index is 13.9. The summed E-state index contributed by atoms with van der Waals surface area (Å²) in [5.41, 5.74) is 12.9. The molecule has 7 N–H and O–H groups in total. The molecule has 74 heavy (non-hydrogen) atoms. The van der Waals surface area contributed by atoms with Crippen LogP contribution < -0.4 is 26.4 Å². The molecular formula is C53H68N8O12S. The molecule has 1 fully saturated rings. The third-order valence-corrected chi connectivity index (χ3v) is 12.8. The molecule has 0 bridgehead atoms. The van der Waals surface area contributed by atoms with Crippen LogP contribution in [0.3, 0.4) is 0 Å². The van der Waals surface area contributed by atoms with Gasteiger partial charge in [-0.2, -0.15) is 0 Å². The zero-order valence-corrected chi connectivity index (χ0v) is 43.2. The number of β-amino-alcohol motifs (C(OH)–C–C–N with tert-alkyl or cyclic N) is 1. The number of aryl methyl sites for hydroxylation is 1. The van der Waals surface area contributed by atoms with E-state index in [1.54, 1.807) is 47.2 Å². The van der Waals surface area contributed by atoms with Gasteiger partial charge in [-0.1, -0.05) is 81.4 Å². The van der Waals surface area contributed by atoms with Crippen LogP contribution in [0.2, 0.25) is 0 Å². The zero-order valence-electron chi connectivity index (χ0n) is 42.4. The quantitative estimate of drug-likeness (QED) is 0.0370. The van der Waals surface area contributed by atoms with Crippen molar-refractivity contribution < 1.29 is 57.8 Å². The summed E-state index contributed by atoms with van der Waals surface area (Å²) >= 11 is 1.57. The lowest BCUT2D eigenvalue weighted by atomic mass is 9.85. The van der Waals surface area contributed by atoms with Crippen molar-refractivity contribution in [2.75, 3.05) is 85.0 Å². The van der Waals surface area contributed by atoms with Gasteiger partial charge in [0, 0.05) is 44.1 Å². The number of para-hydroxylation sites is 1. The molecule has 20 nitrogen and oxygen atoms in total. The average molecular weight is 1040 g/mol. The number of nitrogens with zero attached hydrogens (tertiary/aromatic N) is 4. The number of aromatic hydroxyl groups is 1. The normalized spacial score (nSPS) is 14.9. The molecular weight excluding hydrogens is 973 g/mol. The Balaban J connectivity index is 0.748. The summed E-state index contributed by atoms with van der Waals surface area (Å²) in [7, 11) is 0. The number of rotatable bonds is 29. The Hall–Kier alpha value is -6.59. The Kier molecular flexibility index (Phi) is 22.0. The van der Waals surface area contributed by atoms with Crippen molar-refractivity contribution in [3.63, 3.8) is 0 Å². The first kappa shape index (κ1) is 56.7. The minimum atomic E-state index is -0.977. The second-order valence-corrected chi connectivity index (χ2v) is 19.4. The molecule has 2 aromatic heterocycles. The van der Waals surface area contributed by atoms with Gasteiger partial charge >= 0.3 is 0 Å². The molecule has 3 heterocycles. The first-order chi connectivity index (χ1) is 35.7. The largest absolute Gasteiger partial charge is 0.507 e. The number of aliphatic hydroxyl groups excluding tert-OH is 1. The van der Waals surface area contributed by atoms with Crippen molar-refractivity contribution in [3.8, 4) is 33.2 Å². The third kappa shape index (κ3) is 17.8. The van der Waals surface area contributed by atoms with Crippen LogP contribution in [0.25, 0.3) is 21.7 Å². The number of nitrogens with one attached hydrogen (secondary N) is 3. The summed E-state index contributed by atoms with van der Waals surface area (Å²) in [5, 5.41) is 37.2. The second kappa shape index (κ2) is 28.8. The Morgan fingerprint density at radius 1 is 0.770 bits per heavy atom. The van der Waals surface area contributed by atoms with Gasteiger partial charge in [0.25, 0.3) is 0 Å². The minimum Gasteiger partial charge on any atom is -0.507 e. The number of carbonyl (C=O) groups is 4. The van der Waals surface area contributed by atoms with E-state index in [1.807, 2.05) is 76.2 Å². The van der Waals surface area contributed by atoms with Crippen molar-refractivity contribution in [2.24, 2.45) is 5.41 Å². The van der Waals surface area contributed by atoms with E-state index in [9.17, 15) is 29.4 Å². The Labute approximate surface area is 435 Å². The molecule has 0 saturated carbocycles. The summed E-state index contributed by atoms with van der Waals surface area (Å²) in [6.07, 6.45) is -0.184. The summed E-state index contributed by atoms with van der Waals surface area (Å²) in [4.78, 5) is 59.3. The molecule has 4 amide bonds. The highest BCUT2D eigenvalue weighted by atomic mass is 32.1. The van der Waals surface area contributed by atoms with Gasteiger partial charge in [0.1, 0.15) is 36.7 Å². The van der Waals surface area contributed by atoms with Gasteiger partial charge in [-0.3, -0.25) is 19.2 Å². The zero-order chi connectivity index (χ0) is 52.9. The van der Waals surface area contributed by atoms with Crippen molar-refractivity contribution in [3.05, 3.63) is 107 Å². The van der Waals surface area contributed by atoms with Gasteiger partial charge in [0.05, 0.1) is 81.6 Å². The number of ether oxygens (including phenoxy) is 6. The number of phenols is 1. The van der Waals surface area contributed by atoms with Crippen molar-refractivity contribution in [1.82, 2.24) is 36.0 Å². The molecule has 6 rings (SSSR count). The Morgan fingerprint density at radius 2 is 1.35 bits per heavy atom. The summed E-state index contributed by atoms with van der Waals surface area (Å²) < 4.78 is 33.4. The molecule has 5 aromatic rings. The van der Waals surface area contributed by atoms with E-state index in [0.717, 1.165) is 32.8 Å². The fraction of sp³-hybridized carbons (Fsp3) is 0.453. The summed E-state index contributed by atoms with van der Waals surface area (Å²) in [5.74, 6) is -0.965. The number of benzene rings is 3. The van der Waals surface area contributed by atoms with Crippen molar-refractivity contribution in [2.45, 2.75) is 71.8 Å². The first-order valence-electron chi connectivity index (χ1n) is 24.5. The monoisotopic (exact) mass is 1040 g/mol. The molecule has 1 aliphatic rings. The standard InChI is InChI=1S/C53H68N8O12S/c1-35-48(74-34-57-35)39-15-13-38(14-16-39)30-56-51(66)43-27-40(62)31-61(43)52(67)49(53(2,3)4)58-47(65)33-72-26-24-70-22-20-68-19-21-69-23-25-71-32-46(64)55-29-37-11-9-36(10-12-37)17-18-73-45-28-42(59-60-50(45)54)41-7-5-6-8-44(41)63/h5-16,28,34,40,43,49,62-63H,17-27,29-33H2,1-4H3,(H2,54,60)(H,55,64)(H,56,66)(H,58,65)/t40-,43+,49-/m1/s1. The molecule has 3 atom stereocenters. The number of carbonyl (C=O) groups excluding carboxylic acids is 4. The number of anilines is 1. The number of aromatic nitrogens is 3. The van der Waals surface area contributed by atoms with E-state index >= 15 is 0 Å². The van der Waals surface area contributed by atoms with Gasteiger partial charge in [0.15, 0.2) is 11.6 Å². The van der Waals surface area contributed by atoms with E-state index in [-0.39, 0.29) is 75.9 Å². The number of hydrogen-bond acceptors (Lipinski definition) is 17. The van der Waals surface area contributed by atoms with Gasteiger partial charge in [0.2, 0.25) is 23.6 Å². The number of likely N-dealkylation sites (tertiary alicyclic amines) is 1. The average Bonchev–Trinajstić information content (AvgIpc) is 4.01. The van der Waals surface area contributed by atoms with E-state index in [2.05, 4.69) is 31.1 Å². The highest BCUT2D eigenvalue weighted by Crippen LogP contribution is 2.31. The molecule has 1 saturated heterocycles. The van der Waals surface area contributed by atoms with E-state index in [0.29, 0.717) is 69.6 Å². The number of aliphatic hydroxyl groups is 1. The van der Waals surface area contributed by atoms with Crippen LogP contribution in [0.4, 0.5) is 5.82 Å². The highest BCUT2D eigenvalue weighted by Gasteiger charge is 2.44. The number of hydrogen-bond donors (Lipinski definition) is 6. The summed E-state index contributed by atoms with van der Waals surface area (Å²) in [6, 6.07) is 22.2. The molecule has 3 aromatic carbocycles. The predicted octanol–water partition coefficient (Wildman–Crippen LogP) is 3.99. The van der Waals surface area contributed by atoms with Crippen LogP contribution >= 0.6 is 11.3 Å². The van der Waals surface area contributed by atoms with E-state index in [4.69, 9.17) is 34.2 Å². The first-order valence-corrected chi connectivity index (χ1v) is 25.4. The van der Waals surface area contributed by atoms with Crippen molar-refractivity contribution in [1.29, 1.82) is 0 Å². The highest BCUT2D eigenvalue weighted by molar-refractivity contribution is 7.13. The molecule has 0 aliphatic carbocycles. The fourth-order valence-electron chi connectivity index (χ4n) is 7.77. The lowest BCUT2D eigenvalue weighted by Crippen LogP contribution is -2.58. The SMILES string of the molecule is Cc1ncsc1-c1ccc(CNC(=O)[C@@H]2C[C@@H](O)CN2C(=O)[C@@H](NC(=O)COCCOCCOCCOCCOCC(=O)NCc2ccc(CCOc3cc(-c4ccccc4O)nnc3N)cc2)C(C)(C)C)cc1. The molecule has 21 heteroatoms. The number of thiazole rings is 1. The Morgan fingerprint density at radius 3 is 1.96 bits per heavy atom. The van der Waals surface area contributed by atoms with Crippen LogP contribution in [0.5, 0.6) is 11.5 Å². The topological polar surface area (TPSA) is 268 Å². The van der Waals surface area contributed by atoms with Crippen molar-refractivity contribution >= 4 is 40.8 Å². The third-order valence-electron chi connectivity index (χ3n) is 11.8. The van der Waals surface area contributed by atoms with Crippen LogP contribution in [-0.2, 0) is 62.4 Å². The van der Waals surface area contributed by atoms with Gasteiger partial charge in [-0.15, -0.1) is 21.5 Å². The molecule has 0 spiro atoms. The van der Waals surface area contributed by atoms with Gasteiger partial charge in [-0.05, 0) is 46.7 Å². The van der Waals surface area contributed by atoms with E-state index < -0.39 is 35.4 Å². The molecule has 0 radical (unpaired) electrons.